The maximum absolute atomic E-state index is 13.4. The number of hydrogen-bond acceptors (Lipinski definition) is 8. The van der Waals surface area contributed by atoms with Crippen LogP contribution in [0, 0.1) is 0 Å². The van der Waals surface area contributed by atoms with Crippen LogP contribution in [0.1, 0.15) is 72.0 Å². The van der Waals surface area contributed by atoms with Gasteiger partial charge in [0.25, 0.3) is 5.91 Å². The van der Waals surface area contributed by atoms with Crippen LogP contribution in [-0.4, -0.2) is 54.7 Å². The number of aryl methyl sites for hydroxylation is 1. The lowest BCUT2D eigenvalue weighted by Gasteiger charge is -2.15. The van der Waals surface area contributed by atoms with Crippen molar-refractivity contribution in [3.05, 3.63) is 101 Å². The van der Waals surface area contributed by atoms with Gasteiger partial charge in [-0.25, -0.2) is 0 Å². The first-order chi connectivity index (χ1) is 26.2. The topological polar surface area (TPSA) is 150 Å². The third-order valence-corrected chi connectivity index (χ3v) is 8.72. The van der Waals surface area contributed by atoms with Gasteiger partial charge in [0, 0.05) is 30.5 Å². The zero-order valence-corrected chi connectivity index (χ0v) is 29.7. The van der Waals surface area contributed by atoms with Crippen molar-refractivity contribution in [1.29, 1.82) is 0 Å². The molecule has 0 aliphatic carbocycles. The number of halogens is 2. The van der Waals surface area contributed by atoms with E-state index in [-0.39, 0.29) is 38.5 Å². The van der Waals surface area contributed by atoms with E-state index in [1.807, 2.05) is 30.3 Å². The molecule has 0 aromatic heterocycles. The fourth-order valence-corrected chi connectivity index (χ4v) is 6.06. The van der Waals surface area contributed by atoms with Gasteiger partial charge in [-0.15, -0.1) is 0 Å². The highest BCUT2D eigenvalue weighted by atomic mass is 19.3. The molecule has 0 bridgehead atoms. The summed E-state index contributed by atoms with van der Waals surface area (Å²) in [6, 6.07) is 22.6. The number of fused-ring (bicyclic) bond motifs is 1. The Morgan fingerprint density at radius 1 is 0.704 bits per heavy atom. The highest BCUT2D eigenvalue weighted by Crippen LogP contribution is 2.37. The summed E-state index contributed by atoms with van der Waals surface area (Å²) in [7, 11) is 0. The molecule has 0 saturated heterocycles. The van der Waals surface area contributed by atoms with Crippen molar-refractivity contribution >= 4 is 17.8 Å². The van der Waals surface area contributed by atoms with E-state index in [9.17, 15) is 28.3 Å². The van der Waals surface area contributed by atoms with Gasteiger partial charge in [-0.3, -0.25) is 14.4 Å². The Morgan fingerprint density at radius 2 is 1.44 bits per heavy atom. The van der Waals surface area contributed by atoms with Crippen molar-refractivity contribution < 1.29 is 57.1 Å². The van der Waals surface area contributed by atoms with Gasteiger partial charge in [0.1, 0.15) is 17.2 Å². The summed E-state index contributed by atoms with van der Waals surface area (Å²) in [6.07, 6.45) is 4.73. The molecular formula is C41H43F2NO10. The number of carboxylic acid groups (broad SMARTS) is 2. The molecule has 54 heavy (non-hydrogen) atoms. The molecule has 0 unspecified atom stereocenters. The number of carboxylic acids is 2. The molecule has 1 amide bonds. The van der Waals surface area contributed by atoms with E-state index in [2.05, 4.69) is 10.1 Å². The SMILES string of the molecule is O=C(O)CCCOc1cccc(CCCCCCOc2cc(C(=O)NCc3ccccc3OC(F)F)cc(-c3ccc4c(c3)OCO4)c2)c1CCC(=O)O. The van der Waals surface area contributed by atoms with Gasteiger partial charge in [0.15, 0.2) is 11.5 Å². The minimum Gasteiger partial charge on any atom is -0.494 e. The molecule has 4 aromatic carbocycles. The van der Waals surface area contributed by atoms with Crippen molar-refractivity contribution in [2.24, 2.45) is 0 Å². The van der Waals surface area contributed by atoms with Gasteiger partial charge in [-0.2, -0.15) is 8.78 Å². The van der Waals surface area contributed by atoms with Crippen LogP contribution in [0.2, 0.25) is 0 Å². The summed E-state index contributed by atoms with van der Waals surface area (Å²) in [6.45, 7) is -2.28. The highest BCUT2D eigenvalue weighted by molar-refractivity contribution is 5.96. The minimum atomic E-state index is -3.00. The number of benzene rings is 4. The summed E-state index contributed by atoms with van der Waals surface area (Å²) in [4.78, 5) is 35.6. The molecule has 0 saturated carbocycles. The van der Waals surface area contributed by atoms with Crippen molar-refractivity contribution in [2.45, 2.75) is 70.9 Å². The number of rotatable bonds is 22. The third-order valence-electron chi connectivity index (χ3n) is 8.72. The Balaban J connectivity index is 1.18. The zero-order chi connectivity index (χ0) is 38.3. The van der Waals surface area contributed by atoms with E-state index in [0.717, 1.165) is 48.8 Å². The molecule has 11 nitrogen and oxygen atoms in total. The standard InChI is InChI=1S/C41H43F2NO10/c42-41(43)54-34-12-5-4-10-29(34)25-44-40(49)31-21-30(28-15-17-36-37(24-28)53-26-52-36)22-32(23-31)50-19-6-2-1-3-9-27-11-7-13-35(33(27)16-18-39(47)48)51-20-8-14-38(45)46/h4-5,7,10-13,15,17,21-24,41H,1-3,6,8-9,14,16,18-20,25-26H2,(H,44,49)(H,45,46)(H,47,48). The molecular weight excluding hydrogens is 704 g/mol. The molecule has 3 N–H and O–H groups in total. The lowest BCUT2D eigenvalue weighted by atomic mass is 9.97. The highest BCUT2D eigenvalue weighted by Gasteiger charge is 2.18. The predicted octanol–water partition coefficient (Wildman–Crippen LogP) is 8.06. The van der Waals surface area contributed by atoms with Crippen LogP contribution in [-0.2, 0) is 29.0 Å². The van der Waals surface area contributed by atoms with E-state index in [1.165, 1.54) is 6.07 Å². The number of nitrogens with one attached hydrogen (secondary N) is 1. The maximum Gasteiger partial charge on any atom is 0.387 e. The van der Waals surface area contributed by atoms with Gasteiger partial charge in [-0.1, -0.05) is 49.2 Å². The molecule has 286 valence electrons. The van der Waals surface area contributed by atoms with Gasteiger partial charge < -0.3 is 39.2 Å². The minimum absolute atomic E-state index is 0.00531. The first-order valence-electron chi connectivity index (χ1n) is 17.8. The van der Waals surface area contributed by atoms with Crippen LogP contribution < -0.4 is 29.0 Å². The quantitative estimate of drug-likeness (QED) is 0.0674. The lowest BCUT2D eigenvalue weighted by Crippen LogP contribution is -2.23. The Kier molecular flexibility index (Phi) is 14.5. The Labute approximate surface area is 311 Å². The molecule has 0 spiro atoms. The number of alkyl halides is 2. The number of amides is 1. The average Bonchev–Trinajstić information content (AvgIpc) is 3.63. The van der Waals surface area contributed by atoms with Crippen molar-refractivity contribution in [3.63, 3.8) is 0 Å². The number of aliphatic carboxylic acids is 2. The Morgan fingerprint density at radius 3 is 2.26 bits per heavy atom. The van der Waals surface area contributed by atoms with E-state index in [0.29, 0.717) is 59.1 Å². The molecule has 5 rings (SSSR count). The molecule has 1 heterocycles. The second-order valence-corrected chi connectivity index (χ2v) is 12.6. The summed E-state index contributed by atoms with van der Waals surface area (Å²) in [5.74, 6) is 0.0499. The molecule has 4 aromatic rings. The molecule has 1 aliphatic heterocycles. The van der Waals surface area contributed by atoms with Crippen LogP contribution in [0.5, 0.6) is 28.7 Å². The number of hydrogen-bond donors (Lipinski definition) is 3. The fraction of sp³-hybridized carbons (Fsp3) is 0.341. The molecule has 0 atom stereocenters. The molecule has 1 aliphatic rings. The normalized spacial score (nSPS) is 11.7. The van der Waals surface area contributed by atoms with Gasteiger partial charge in [0.05, 0.1) is 13.2 Å². The number of carbonyl (C=O) groups excluding carboxylic acids is 1. The summed E-state index contributed by atoms with van der Waals surface area (Å²) < 4.78 is 53.4. The van der Waals surface area contributed by atoms with Gasteiger partial charge >= 0.3 is 18.6 Å². The van der Waals surface area contributed by atoms with Crippen LogP contribution >= 0.6 is 0 Å². The van der Waals surface area contributed by atoms with Gasteiger partial charge in [0.2, 0.25) is 6.79 Å². The number of para-hydroxylation sites is 1. The average molecular weight is 748 g/mol. The summed E-state index contributed by atoms with van der Waals surface area (Å²) in [5, 5.41) is 21.0. The van der Waals surface area contributed by atoms with Crippen LogP contribution in [0.3, 0.4) is 0 Å². The largest absolute Gasteiger partial charge is 0.494 e. The van der Waals surface area contributed by atoms with E-state index in [1.54, 1.807) is 42.5 Å². The zero-order valence-electron chi connectivity index (χ0n) is 29.7. The molecule has 0 radical (unpaired) electrons. The van der Waals surface area contributed by atoms with Crippen molar-refractivity contribution in [3.8, 4) is 39.9 Å². The smallest absolute Gasteiger partial charge is 0.387 e. The fourth-order valence-electron chi connectivity index (χ4n) is 6.06. The second kappa shape index (κ2) is 19.8. The monoisotopic (exact) mass is 747 g/mol. The number of unbranched alkanes of at least 4 members (excludes halogenated alkanes) is 3. The Bertz CT molecular complexity index is 1900. The van der Waals surface area contributed by atoms with E-state index in [4.69, 9.17) is 24.1 Å². The van der Waals surface area contributed by atoms with E-state index < -0.39 is 24.5 Å². The van der Waals surface area contributed by atoms with Crippen molar-refractivity contribution in [1.82, 2.24) is 5.32 Å². The van der Waals surface area contributed by atoms with E-state index >= 15 is 0 Å². The summed E-state index contributed by atoms with van der Waals surface area (Å²) >= 11 is 0. The van der Waals surface area contributed by atoms with Crippen LogP contribution in [0.25, 0.3) is 11.1 Å². The van der Waals surface area contributed by atoms with Crippen molar-refractivity contribution in [2.75, 3.05) is 20.0 Å². The Hall–Kier alpha value is -5.85. The summed E-state index contributed by atoms with van der Waals surface area (Å²) in [5.41, 5.74) is 4.07. The first kappa shape index (κ1) is 39.4. The first-order valence-corrected chi connectivity index (χ1v) is 17.8. The van der Waals surface area contributed by atoms with Crippen LogP contribution in [0.4, 0.5) is 8.78 Å². The number of carbonyl (C=O) groups is 3. The number of ether oxygens (including phenoxy) is 5. The molecule has 0 fully saturated rings. The predicted molar refractivity (Wildman–Crippen MR) is 195 cm³/mol. The lowest BCUT2D eigenvalue weighted by molar-refractivity contribution is -0.138. The third kappa shape index (κ3) is 11.8. The second-order valence-electron chi connectivity index (χ2n) is 12.6. The van der Waals surface area contributed by atoms with Crippen LogP contribution in [0.15, 0.2) is 78.9 Å². The maximum atomic E-state index is 13.4. The van der Waals surface area contributed by atoms with Gasteiger partial charge in [-0.05, 0) is 96.8 Å². The molecule has 13 heteroatoms.